The molecule has 3 N–H and O–H groups in total. The molecule has 0 fully saturated rings. The Morgan fingerprint density at radius 3 is 2.55 bits per heavy atom. The fraction of sp³-hybridized carbons (Fsp3) is 0.294. The molecule has 6 nitrogen and oxygen atoms in total. The fourth-order valence-corrected chi connectivity index (χ4v) is 4.49. The van der Waals surface area contributed by atoms with E-state index in [0.717, 1.165) is 33.7 Å². The second kappa shape index (κ2) is 10.1. The first kappa shape index (κ1) is 23.1. The molecule has 0 saturated heterocycles. The normalized spacial score (nSPS) is 11.7. The summed E-state index contributed by atoms with van der Waals surface area (Å²) < 4.78 is 58.3. The Labute approximate surface area is 172 Å². The topological polar surface area (TPSA) is 84.7 Å². The van der Waals surface area contributed by atoms with Gasteiger partial charge >= 0.3 is 6.18 Å². The van der Waals surface area contributed by atoms with Crippen molar-refractivity contribution in [2.75, 3.05) is 32.1 Å². The maximum absolute atomic E-state index is 13.8. The number of ether oxygens (including phenoxy) is 1. The highest BCUT2D eigenvalue weighted by Crippen LogP contribution is 2.37. The van der Waals surface area contributed by atoms with E-state index in [0.29, 0.717) is 4.21 Å². The molecule has 2 amide bonds. The van der Waals surface area contributed by atoms with E-state index in [1.807, 2.05) is 0 Å². The van der Waals surface area contributed by atoms with Crippen molar-refractivity contribution >= 4 is 40.1 Å². The molecule has 158 valence electrons. The zero-order valence-corrected chi connectivity index (χ0v) is 16.7. The Bertz CT molecular complexity index is 874. The Hall–Kier alpha value is -2.15. The Kier molecular flexibility index (Phi) is 8.02. The van der Waals surface area contributed by atoms with E-state index in [-0.39, 0.29) is 29.3 Å². The van der Waals surface area contributed by atoms with Gasteiger partial charge in [-0.2, -0.15) is 13.2 Å². The van der Waals surface area contributed by atoms with Gasteiger partial charge < -0.3 is 15.8 Å². The largest absolute Gasteiger partial charge is 0.402 e. The molecule has 1 aromatic heterocycles. The van der Waals surface area contributed by atoms with Gasteiger partial charge in [0.05, 0.1) is 21.9 Å². The number of alkyl halides is 3. The number of nitrogens with one attached hydrogen (secondary N) is 1. The van der Waals surface area contributed by atoms with Crippen LogP contribution in [0.1, 0.15) is 20.7 Å². The number of carbonyl (C=O) groups excluding carboxylic acids is 2. The van der Waals surface area contributed by atoms with Gasteiger partial charge in [-0.25, -0.2) is 8.70 Å². The molecular formula is C17H17F4N3O3S2. The van der Waals surface area contributed by atoms with Gasteiger partial charge in [0.25, 0.3) is 11.8 Å². The van der Waals surface area contributed by atoms with Crippen LogP contribution in [0.5, 0.6) is 0 Å². The van der Waals surface area contributed by atoms with Gasteiger partial charge in [-0.15, -0.1) is 11.3 Å². The molecule has 1 aromatic carbocycles. The molecule has 0 atom stereocenters. The lowest BCUT2D eigenvalue weighted by atomic mass is 10.2. The predicted molar refractivity (Wildman–Crippen MR) is 103 cm³/mol. The molecule has 0 spiro atoms. The quantitative estimate of drug-likeness (QED) is 0.448. The number of thiophene rings is 1. The van der Waals surface area contributed by atoms with Crippen LogP contribution < -0.4 is 11.1 Å². The lowest BCUT2D eigenvalue weighted by molar-refractivity contribution is -0.135. The molecule has 0 aliphatic heterocycles. The number of rotatable bonds is 9. The number of primary amides is 1. The zero-order valence-electron chi connectivity index (χ0n) is 15.1. The zero-order chi connectivity index (χ0) is 21.6. The third kappa shape index (κ3) is 6.99. The number of nitrogens with zero attached hydrogens (tertiary/aromatic N) is 1. The van der Waals surface area contributed by atoms with Crippen molar-refractivity contribution in [3.63, 3.8) is 0 Å². The molecule has 0 aliphatic carbocycles. The Morgan fingerprint density at radius 2 is 1.97 bits per heavy atom. The van der Waals surface area contributed by atoms with Crippen molar-refractivity contribution in [1.29, 1.82) is 0 Å². The average molecular weight is 451 g/mol. The van der Waals surface area contributed by atoms with Crippen molar-refractivity contribution in [2.45, 2.75) is 10.4 Å². The molecular weight excluding hydrogens is 434 g/mol. The number of anilines is 1. The highest BCUT2D eigenvalue weighted by Gasteiger charge is 2.31. The fourth-order valence-electron chi connectivity index (χ4n) is 2.18. The number of hydrogen-bond donors (Lipinski definition) is 2. The first-order valence-electron chi connectivity index (χ1n) is 8.09. The van der Waals surface area contributed by atoms with Gasteiger partial charge in [-0.05, 0) is 30.1 Å². The Balaban J connectivity index is 2.23. The van der Waals surface area contributed by atoms with Gasteiger partial charge in [-0.1, -0.05) is 12.1 Å². The molecule has 0 radical (unpaired) electrons. The van der Waals surface area contributed by atoms with E-state index in [1.165, 1.54) is 31.4 Å². The third-order valence-corrected chi connectivity index (χ3v) is 5.63. The third-order valence-electron chi connectivity index (χ3n) is 3.44. The first-order valence-corrected chi connectivity index (χ1v) is 9.68. The SMILES string of the molecule is COCCN(CC(F)(F)F)Sc1cc(C(N)=O)c(NC(=O)c2ccccc2F)s1. The van der Waals surface area contributed by atoms with Crippen LogP contribution in [0.4, 0.5) is 22.6 Å². The molecule has 12 heteroatoms. The molecule has 0 aliphatic rings. The van der Waals surface area contributed by atoms with Gasteiger partial charge in [-0.3, -0.25) is 9.59 Å². The van der Waals surface area contributed by atoms with E-state index >= 15 is 0 Å². The summed E-state index contributed by atoms with van der Waals surface area (Å²) in [7, 11) is 1.36. The van der Waals surface area contributed by atoms with Crippen molar-refractivity contribution in [3.8, 4) is 0 Å². The van der Waals surface area contributed by atoms with Crippen LogP contribution in [0.2, 0.25) is 0 Å². The van der Waals surface area contributed by atoms with E-state index in [1.54, 1.807) is 0 Å². The summed E-state index contributed by atoms with van der Waals surface area (Å²) in [6.07, 6.45) is -4.44. The monoisotopic (exact) mass is 451 g/mol. The van der Waals surface area contributed by atoms with Crippen molar-refractivity contribution in [3.05, 3.63) is 47.3 Å². The molecule has 1 heterocycles. The minimum absolute atomic E-state index is 0.0203. The smallest absolute Gasteiger partial charge is 0.383 e. The number of benzene rings is 1. The maximum Gasteiger partial charge on any atom is 0.402 e. The van der Waals surface area contributed by atoms with Crippen LogP contribution in [0, 0.1) is 5.82 Å². The van der Waals surface area contributed by atoms with Gasteiger partial charge in [0.1, 0.15) is 17.4 Å². The highest BCUT2D eigenvalue weighted by atomic mass is 32.2. The van der Waals surface area contributed by atoms with E-state index in [2.05, 4.69) is 5.32 Å². The minimum Gasteiger partial charge on any atom is -0.383 e. The summed E-state index contributed by atoms with van der Waals surface area (Å²) >= 11 is 1.62. The van der Waals surface area contributed by atoms with E-state index in [4.69, 9.17) is 10.5 Å². The van der Waals surface area contributed by atoms with E-state index < -0.39 is 30.4 Å². The molecule has 0 saturated carbocycles. The molecule has 2 rings (SSSR count). The van der Waals surface area contributed by atoms with Gasteiger partial charge in [0, 0.05) is 13.7 Å². The molecule has 29 heavy (non-hydrogen) atoms. The molecule has 2 aromatic rings. The average Bonchev–Trinajstić information content (AvgIpc) is 3.01. The van der Waals surface area contributed by atoms with Crippen molar-refractivity contribution < 1.29 is 31.9 Å². The predicted octanol–water partition coefficient (Wildman–Crippen LogP) is 3.76. The van der Waals surface area contributed by atoms with Crippen LogP contribution in [-0.2, 0) is 4.74 Å². The number of hydrogen-bond acceptors (Lipinski definition) is 6. The summed E-state index contributed by atoms with van der Waals surface area (Å²) in [5.74, 6) is -2.44. The summed E-state index contributed by atoms with van der Waals surface area (Å²) in [5, 5.41) is 2.41. The maximum atomic E-state index is 13.8. The van der Waals surface area contributed by atoms with Crippen LogP contribution >= 0.6 is 23.3 Å². The summed E-state index contributed by atoms with van der Waals surface area (Å²) in [4.78, 5) is 24.0. The lowest BCUT2D eigenvalue weighted by Crippen LogP contribution is -2.31. The number of carbonyl (C=O) groups is 2. The van der Waals surface area contributed by atoms with Crippen LogP contribution in [-0.4, -0.2) is 49.1 Å². The minimum atomic E-state index is -4.44. The molecule has 0 bridgehead atoms. The second-order valence-corrected chi connectivity index (χ2v) is 8.12. The summed E-state index contributed by atoms with van der Waals surface area (Å²) in [6.45, 7) is -1.17. The standard InChI is InChI=1S/C17H17F4N3O3S2/c1-27-7-6-24(9-17(19,20)21)29-13-8-11(14(22)25)16(28-13)23-15(26)10-4-2-3-5-12(10)18/h2-5,8H,6-7,9H2,1H3,(H2,22,25)(H,23,26). The van der Waals surface area contributed by atoms with Crippen molar-refractivity contribution in [1.82, 2.24) is 4.31 Å². The number of methoxy groups -OCH3 is 1. The van der Waals surface area contributed by atoms with Gasteiger partial charge in [0.2, 0.25) is 0 Å². The summed E-state index contributed by atoms with van der Waals surface area (Å²) in [6, 6.07) is 6.52. The van der Waals surface area contributed by atoms with Gasteiger partial charge in [0.15, 0.2) is 0 Å². The number of nitrogens with two attached hydrogens (primary N) is 1. The van der Waals surface area contributed by atoms with Crippen LogP contribution in [0.3, 0.4) is 0 Å². The van der Waals surface area contributed by atoms with Crippen LogP contribution in [0.15, 0.2) is 34.5 Å². The number of halogens is 4. The Morgan fingerprint density at radius 1 is 1.28 bits per heavy atom. The highest BCUT2D eigenvalue weighted by molar-refractivity contribution is 7.99. The first-order chi connectivity index (χ1) is 13.6. The molecule has 0 unspecified atom stereocenters. The van der Waals surface area contributed by atoms with Crippen LogP contribution in [0.25, 0.3) is 0 Å². The lowest BCUT2D eigenvalue weighted by Gasteiger charge is -2.21. The summed E-state index contributed by atoms with van der Waals surface area (Å²) in [5.41, 5.74) is 4.98. The van der Waals surface area contributed by atoms with Crippen molar-refractivity contribution in [2.24, 2.45) is 5.73 Å². The number of amides is 2. The second-order valence-electron chi connectivity index (χ2n) is 5.67. The van der Waals surface area contributed by atoms with E-state index in [9.17, 15) is 27.2 Å².